The van der Waals surface area contributed by atoms with Gasteiger partial charge in [0, 0.05) is 6.54 Å². The van der Waals surface area contributed by atoms with Crippen LogP contribution in [0.3, 0.4) is 0 Å². The highest BCUT2D eigenvalue weighted by Crippen LogP contribution is 2.01. The first kappa shape index (κ1) is 10.9. The second-order valence-electron chi connectivity index (χ2n) is 3.14. The van der Waals surface area contributed by atoms with Crippen molar-refractivity contribution in [2.75, 3.05) is 13.6 Å². The molecule has 1 unspecified atom stereocenters. The summed E-state index contributed by atoms with van der Waals surface area (Å²) in [4.78, 5) is 1.86. The number of nitrogens with zero attached hydrogens (tertiary/aromatic N) is 1. The lowest BCUT2D eigenvalue weighted by molar-refractivity contribution is -0.0200. The van der Waals surface area contributed by atoms with Gasteiger partial charge in [-0.3, -0.25) is 4.90 Å². The summed E-state index contributed by atoms with van der Waals surface area (Å²) >= 11 is 0. The molecule has 0 spiro atoms. The Bertz CT molecular complexity index is 83.6. The maximum Gasteiger partial charge on any atom is 0.143 e. The van der Waals surface area contributed by atoms with E-state index in [9.17, 15) is 5.11 Å². The van der Waals surface area contributed by atoms with Crippen molar-refractivity contribution in [2.45, 2.75) is 45.8 Å². The molecule has 0 aliphatic heterocycles. The van der Waals surface area contributed by atoms with Crippen LogP contribution in [0.5, 0.6) is 0 Å². The molecule has 1 atom stereocenters. The van der Waals surface area contributed by atoms with Crippen LogP contribution in [-0.4, -0.2) is 24.7 Å². The monoisotopic (exact) mass is 158 g/mol. The van der Waals surface area contributed by atoms with E-state index in [0.29, 0.717) is 0 Å². The summed E-state index contributed by atoms with van der Waals surface area (Å²) in [5.74, 6) is 0. The third kappa shape index (κ3) is 6.32. The molecule has 2 heteroatoms. The summed E-state index contributed by atoms with van der Waals surface area (Å²) in [7, 11) is 1.89. The Kier molecular flexibility index (Phi) is 6.57. The zero-order valence-electron chi connectivity index (χ0n) is 7.97. The number of rotatable bonds is 6. The summed E-state index contributed by atoms with van der Waals surface area (Å²) in [6, 6.07) is 0. The lowest BCUT2D eigenvalue weighted by Gasteiger charge is -2.17. The molecule has 1 radical (unpaired) electrons. The van der Waals surface area contributed by atoms with Gasteiger partial charge in [-0.2, -0.15) is 0 Å². The molecule has 0 rings (SSSR count). The molecule has 0 saturated carbocycles. The Labute approximate surface area is 70.2 Å². The molecule has 0 bridgehead atoms. The van der Waals surface area contributed by atoms with Gasteiger partial charge in [0.2, 0.25) is 0 Å². The Morgan fingerprint density at radius 1 is 1.27 bits per heavy atom. The van der Waals surface area contributed by atoms with Gasteiger partial charge in [-0.15, -0.1) is 0 Å². The zero-order valence-corrected chi connectivity index (χ0v) is 7.97. The standard InChI is InChI=1S/C9H20NO/c1-4-5-6-7-8-10(3)9(2)11/h9H,4-8H2,1-3H3. The minimum absolute atomic E-state index is 0.545. The third-order valence-electron chi connectivity index (χ3n) is 1.99. The fourth-order valence-corrected chi connectivity index (χ4v) is 0.970. The highest BCUT2D eigenvalue weighted by atomic mass is 16.3. The van der Waals surface area contributed by atoms with E-state index in [1.807, 2.05) is 11.9 Å². The van der Waals surface area contributed by atoms with Gasteiger partial charge in [0.25, 0.3) is 0 Å². The maximum absolute atomic E-state index is 10.8. The lowest BCUT2D eigenvalue weighted by atomic mass is 10.2. The number of hydrogen-bond acceptors (Lipinski definition) is 1. The molecular formula is C9H20NO. The van der Waals surface area contributed by atoms with Gasteiger partial charge in [-0.1, -0.05) is 26.2 Å². The number of unbranched alkanes of at least 4 members (excludes halogenated alkanes) is 3. The minimum atomic E-state index is -0.545. The predicted octanol–water partition coefficient (Wildman–Crippen LogP) is 2.28. The van der Waals surface area contributed by atoms with E-state index in [1.165, 1.54) is 19.3 Å². The van der Waals surface area contributed by atoms with E-state index in [0.717, 1.165) is 13.0 Å². The molecule has 0 saturated heterocycles. The summed E-state index contributed by atoms with van der Waals surface area (Å²) in [5.41, 5.74) is 0. The molecule has 0 aromatic heterocycles. The molecule has 0 N–H and O–H groups in total. The second-order valence-corrected chi connectivity index (χ2v) is 3.14. The average molecular weight is 158 g/mol. The summed E-state index contributed by atoms with van der Waals surface area (Å²) in [5, 5.41) is 10.8. The fourth-order valence-electron chi connectivity index (χ4n) is 0.970. The Morgan fingerprint density at radius 3 is 2.36 bits per heavy atom. The molecule has 0 amide bonds. The van der Waals surface area contributed by atoms with Crippen LogP contribution in [0.1, 0.15) is 39.5 Å². The molecule has 0 aromatic carbocycles. The first-order valence-electron chi connectivity index (χ1n) is 4.54. The highest BCUT2D eigenvalue weighted by Gasteiger charge is 2.04. The zero-order chi connectivity index (χ0) is 8.69. The molecule has 0 aliphatic rings. The van der Waals surface area contributed by atoms with E-state index in [1.54, 1.807) is 6.92 Å². The van der Waals surface area contributed by atoms with Gasteiger partial charge in [0.15, 0.2) is 0 Å². The van der Waals surface area contributed by atoms with Crippen molar-refractivity contribution in [2.24, 2.45) is 0 Å². The van der Waals surface area contributed by atoms with Gasteiger partial charge in [0.1, 0.15) is 6.23 Å². The van der Waals surface area contributed by atoms with Crippen LogP contribution >= 0.6 is 0 Å². The molecule has 11 heavy (non-hydrogen) atoms. The Balaban J connectivity index is 3.10. The van der Waals surface area contributed by atoms with Crippen LogP contribution in [0.2, 0.25) is 0 Å². The lowest BCUT2D eigenvalue weighted by Crippen LogP contribution is -2.28. The van der Waals surface area contributed by atoms with Crippen molar-refractivity contribution in [1.29, 1.82) is 0 Å². The molecule has 67 valence electrons. The minimum Gasteiger partial charge on any atom is -0.279 e. The van der Waals surface area contributed by atoms with Crippen LogP contribution in [0.25, 0.3) is 0 Å². The SMILES string of the molecule is CCCCCCN(C)C(C)[O]. The fraction of sp³-hybridized carbons (Fsp3) is 1.00. The van der Waals surface area contributed by atoms with Crippen LogP contribution < -0.4 is 0 Å². The molecular weight excluding hydrogens is 138 g/mol. The van der Waals surface area contributed by atoms with Crippen molar-refractivity contribution in [3.63, 3.8) is 0 Å². The summed E-state index contributed by atoms with van der Waals surface area (Å²) < 4.78 is 0. The number of hydrogen-bond donors (Lipinski definition) is 0. The van der Waals surface area contributed by atoms with Crippen LogP contribution in [0.4, 0.5) is 0 Å². The van der Waals surface area contributed by atoms with Gasteiger partial charge >= 0.3 is 0 Å². The van der Waals surface area contributed by atoms with Crippen molar-refractivity contribution in [1.82, 2.24) is 4.90 Å². The largest absolute Gasteiger partial charge is 0.279 e. The smallest absolute Gasteiger partial charge is 0.143 e. The normalized spacial score (nSPS) is 13.9. The quantitative estimate of drug-likeness (QED) is 0.429. The molecule has 2 nitrogen and oxygen atoms in total. The van der Waals surface area contributed by atoms with Gasteiger partial charge in [-0.05, 0) is 20.4 Å². The van der Waals surface area contributed by atoms with E-state index >= 15 is 0 Å². The Hall–Kier alpha value is -0.0800. The van der Waals surface area contributed by atoms with Crippen molar-refractivity contribution in [3.05, 3.63) is 0 Å². The molecule has 0 aliphatic carbocycles. The van der Waals surface area contributed by atoms with Gasteiger partial charge < -0.3 is 0 Å². The van der Waals surface area contributed by atoms with Gasteiger partial charge in [0.05, 0.1) is 0 Å². The van der Waals surface area contributed by atoms with Crippen LogP contribution in [0.15, 0.2) is 0 Å². The van der Waals surface area contributed by atoms with E-state index in [-0.39, 0.29) is 0 Å². The predicted molar refractivity (Wildman–Crippen MR) is 46.9 cm³/mol. The molecule has 0 aromatic rings. The van der Waals surface area contributed by atoms with E-state index < -0.39 is 6.23 Å². The van der Waals surface area contributed by atoms with E-state index in [2.05, 4.69) is 6.92 Å². The van der Waals surface area contributed by atoms with E-state index in [4.69, 9.17) is 0 Å². The molecule has 0 heterocycles. The first-order chi connectivity index (χ1) is 5.18. The molecule has 0 fully saturated rings. The van der Waals surface area contributed by atoms with Crippen molar-refractivity contribution < 1.29 is 5.11 Å². The van der Waals surface area contributed by atoms with Crippen LogP contribution in [-0.2, 0) is 5.11 Å². The van der Waals surface area contributed by atoms with Crippen molar-refractivity contribution in [3.8, 4) is 0 Å². The summed E-state index contributed by atoms with van der Waals surface area (Å²) in [6.07, 6.45) is 4.43. The average Bonchev–Trinajstić information content (AvgIpc) is 1.97. The Morgan fingerprint density at radius 2 is 1.91 bits per heavy atom. The second kappa shape index (κ2) is 6.62. The topological polar surface area (TPSA) is 23.1 Å². The summed E-state index contributed by atoms with van der Waals surface area (Å²) in [6.45, 7) is 4.84. The first-order valence-corrected chi connectivity index (χ1v) is 4.54. The van der Waals surface area contributed by atoms with Crippen molar-refractivity contribution >= 4 is 0 Å². The van der Waals surface area contributed by atoms with Gasteiger partial charge in [-0.25, -0.2) is 5.11 Å². The van der Waals surface area contributed by atoms with Crippen LogP contribution in [0, 0.1) is 0 Å². The maximum atomic E-state index is 10.8. The highest BCUT2D eigenvalue weighted by molar-refractivity contribution is 4.51. The third-order valence-corrected chi connectivity index (χ3v) is 1.99.